The molecular weight excluding hydrogens is 303 g/mol. The summed E-state index contributed by atoms with van der Waals surface area (Å²) in [6.07, 6.45) is -3.35. The maximum Gasteiger partial charge on any atom is 0.416 e. The van der Waals surface area contributed by atoms with Crippen molar-refractivity contribution in [2.24, 2.45) is 0 Å². The monoisotopic (exact) mass is 306 g/mol. The zero-order chi connectivity index (χ0) is 14.2. The summed E-state index contributed by atoms with van der Waals surface area (Å²) < 4.78 is 37.8. The van der Waals surface area contributed by atoms with E-state index in [4.69, 9.17) is 11.6 Å². The normalized spacial score (nSPS) is 11.6. The maximum absolute atomic E-state index is 12.6. The van der Waals surface area contributed by atoms with Crippen molar-refractivity contribution >= 4 is 28.9 Å². The van der Waals surface area contributed by atoms with Crippen molar-refractivity contribution in [3.05, 3.63) is 40.0 Å². The van der Waals surface area contributed by atoms with E-state index < -0.39 is 17.7 Å². The first-order chi connectivity index (χ1) is 8.79. The Balaban J connectivity index is 2.51. The van der Waals surface area contributed by atoms with Crippen molar-refractivity contribution in [3.8, 4) is 10.4 Å². The Morgan fingerprint density at radius 3 is 2.58 bits per heavy atom. The predicted octanol–water partition coefficient (Wildman–Crippen LogP) is 2.85. The molecule has 0 N–H and O–H groups in total. The van der Waals surface area contributed by atoms with Gasteiger partial charge >= 0.3 is 6.18 Å². The van der Waals surface area contributed by atoms with Gasteiger partial charge in [-0.1, -0.05) is 11.6 Å². The average molecular weight is 307 g/mol. The lowest BCUT2D eigenvalue weighted by molar-refractivity contribution is -0.255. The van der Waals surface area contributed by atoms with Gasteiger partial charge in [-0.2, -0.15) is 13.2 Å². The molecule has 1 aromatic heterocycles. The number of rotatable bonds is 2. The second kappa shape index (κ2) is 4.82. The zero-order valence-corrected chi connectivity index (χ0v) is 10.6. The van der Waals surface area contributed by atoms with Gasteiger partial charge in [-0.05, 0) is 18.2 Å². The minimum Gasteiger partial charge on any atom is -0.542 e. The van der Waals surface area contributed by atoms with Gasteiger partial charge in [0.25, 0.3) is 0 Å². The highest BCUT2D eigenvalue weighted by Gasteiger charge is 2.31. The third-order valence-corrected chi connectivity index (χ3v) is 3.58. The Morgan fingerprint density at radius 2 is 2.05 bits per heavy atom. The largest absolute Gasteiger partial charge is 0.542 e. The number of carbonyl (C=O) groups is 1. The highest BCUT2D eigenvalue weighted by atomic mass is 35.5. The van der Waals surface area contributed by atoms with Gasteiger partial charge in [0.05, 0.1) is 10.4 Å². The fraction of sp³-hybridized carbons (Fsp3) is 0.0909. The number of carboxylic acid groups (broad SMARTS) is 1. The second-order valence-corrected chi connectivity index (χ2v) is 4.95. The summed E-state index contributed by atoms with van der Waals surface area (Å²) in [4.78, 5) is 14.4. The van der Waals surface area contributed by atoms with Crippen molar-refractivity contribution in [2.45, 2.75) is 6.18 Å². The van der Waals surface area contributed by atoms with Crippen LogP contribution in [0.1, 0.15) is 15.4 Å². The van der Waals surface area contributed by atoms with Crippen molar-refractivity contribution < 1.29 is 23.1 Å². The molecular formula is C11H4ClF3NO2S-. The van der Waals surface area contributed by atoms with Gasteiger partial charge in [-0.3, -0.25) is 0 Å². The van der Waals surface area contributed by atoms with Gasteiger partial charge in [0, 0.05) is 16.8 Å². The Bertz CT molecular complexity index is 639. The number of thiazole rings is 1. The lowest BCUT2D eigenvalue weighted by Gasteiger charge is -2.09. The third-order valence-electron chi connectivity index (χ3n) is 2.24. The second-order valence-electron chi connectivity index (χ2n) is 3.51. The molecule has 8 heteroatoms. The topological polar surface area (TPSA) is 53.0 Å². The number of carboxylic acids is 1. The molecule has 0 spiro atoms. The molecule has 0 aliphatic heterocycles. The average Bonchev–Trinajstić information content (AvgIpc) is 2.77. The van der Waals surface area contributed by atoms with Gasteiger partial charge in [0.2, 0.25) is 0 Å². The van der Waals surface area contributed by atoms with E-state index in [0.717, 1.165) is 24.4 Å². The van der Waals surface area contributed by atoms with E-state index in [1.54, 1.807) is 0 Å². The minimum absolute atomic E-state index is 0.0847. The molecule has 19 heavy (non-hydrogen) atoms. The van der Waals surface area contributed by atoms with Gasteiger partial charge in [0.15, 0.2) is 0 Å². The fourth-order valence-corrected chi connectivity index (χ4v) is 2.44. The molecule has 1 aromatic carbocycles. The van der Waals surface area contributed by atoms with E-state index in [0.29, 0.717) is 11.3 Å². The number of carbonyl (C=O) groups excluding carboxylic acids is 1. The van der Waals surface area contributed by atoms with Crippen LogP contribution in [-0.2, 0) is 6.18 Å². The molecule has 0 atom stereocenters. The standard InChI is InChI=1S/C11H5ClF3NO2S/c12-7-2-1-5(11(13,14)15)3-6(7)8-4-16-9(19-8)10(17)18/h1-4H,(H,17,18)/p-1. The molecule has 3 nitrogen and oxygen atoms in total. The van der Waals surface area contributed by atoms with E-state index in [1.165, 1.54) is 0 Å². The quantitative estimate of drug-likeness (QED) is 0.857. The van der Waals surface area contributed by atoms with Gasteiger partial charge < -0.3 is 9.90 Å². The smallest absolute Gasteiger partial charge is 0.416 e. The van der Waals surface area contributed by atoms with Crippen LogP contribution in [0, 0.1) is 0 Å². The number of benzene rings is 1. The molecule has 0 aliphatic rings. The Kier molecular flexibility index (Phi) is 3.51. The molecule has 100 valence electrons. The first-order valence-electron chi connectivity index (χ1n) is 4.83. The lowest BCUT2D eigenvalue weighted by atomic mass is 10.1. The van der Waals surface area contributed by atoms with Gasteiger partial charge in [0.1, 0.15) is 11.0 Å². The van der Waals surface area contributed by atoms with Crippen LogP contribution >= 0.6 is 22.9 Å². The van der Waals surface area contributed by atoms with Crippen LogP contribution in [0.25, 0.3) is 10.4 Å². The summed E-state index contributed by atoms with van der Waals surface area (Å²) >= 11 is 6.52. The minimum atomic E-state index is -4.50. The molecule has 0 bridgehead atoms. The van der Waals surface area contributed by atoms with Crippen LogP contribution in [-0.4, -0.2) is 11.0 Å². The first-order valence-corrected chi connectivity index (χ1v) is 6.03. The van der Waals surface area contributed by atoms with Gasteiger partial charge in [-0.25, -0.2) is 4.98 Å². The van der Waals surface area contributed by atoms with Crippen molar-refractivity contribution in [1.29, 1.82) is 0 Å². The Morgan fingerprint density at radius 1 is 1.37 bits per heavy atom. The SMILES string of the molecule is O=C([O-])c1ncc(-c2cc(C(F)(F)F)ccc2Cl)s1. The summed E-state index contributed by atoms with van der Waals surface area (Å²) in [5, 5.41) is 10.3. The number of nitrogens with zero attached hydrogens (tertiary/aromatic N) is 1. The number of aromatic nitrogens is 1. The lowest BCUT2D eigenvalue weighted by Crippen LogP contribution is -2.21. The van der Waals surface area contributed by atoms with Crippen LogP contribution in [0.5, 0.6) is 0 Å². The number of hydrogen-bond donors (Lipinski definition) is 0. The highest BCUT2D eigenvalue weighted by Crippen LogP contribution is 2.37. The number of alkyl halides is 3. The molecule has 0 unspecified atom stereocenters. The molecule has 0 fully saturated rings. The summed E-state index contributed by atoms with van der Waals surface area (Å²) in [5.74, 6) is -1.49. The first kappa shape index (κ1) is 13.8. The Hall–Kier alpha value is -1.60. The van der Waals surface area contributed by atoms with E-state index >= 15 is 0 Å². The number of halogens is 4. The van der Waals surface area contributed by atoms with Gasteiger partial charge in [-0.15, -0.1) is 11.3 Å². The van der Waals surface area contributed by atoms with E-state index in [2.05, 4.69) is 4.98 Å². The number of hydrogen-bond acceptors (Lipinski definition) is 4. The molecule has 0 saturated heterocycles. The summed E-state index contributed by atoms with van der Waals surface area (Å²) in [5.41, 5.74) is -0.781. The molecule has 0 aliphatic carbocycles. The zero-order valence-electron chi connectivity index (χ0n) is 8.99. The third kappa shape index (κ3) is 2.87. The molecule has 2 rings (SSSR count). The fourth-order valence-electron chi connectivity index (χ4n) is 1.38. The van der Waals surface area contributed by atoms with E-state index in [9.17, 15) is 23.1 Å². The van der Waals surface area contributed by atoms with Crippen LogP contribution in [0.15, 0.2) is 24.4 Å². The van der Waals surface area contributed by atoms with Crippen LogP contribution in [0.3, 0.4) is 0 Å². The number of aromatic carboxylic acids is 1. The summed E-state index contributed by atoms with van der Waals surface area (Å²) in [7, 11) is 0. The van der Waals surface area contributed by atoms with Crippen LogP contribution < -0.4 is 5.11 Å². The Labute approximate surface area is 114 Å². The predicted molar refractivity (Wildman–Crippen MR) is 61.9 cm³/mol. The van der Waals surface area contributed by atoms with Crippen molar-refractivity contribution in [2.75, 3.05) is 0 Å². The molecule has 0 radical (unpaired) electrons. The van der Waals surface area contributed by atoms with Crippen molar-refractivity contribution in [3.63, 3.8) is 0 Å². The van der Waals surface area contributed by atoms with Crippen LogP contribution in [0.2, 0.25) is 5.02 Å². The molecule has 2 aromatic rings. The summed E-state index contributed by atoms with van der Waals surface area (Å²) in [6, 6.07) is 2.82. The highest BCUT2D eigenvalue weighted by molar-refractivity contribution is 7.16. The molecule has 0 saturated carbocycles. The summed E-state index contributed by atoms with van der Waals surface area (Å²) in [6.45, 7) is 0. The maximum atomic E-state index is 12.6. The van der Waals surface area contributed by atoms with Crippen molar-refractivity contribution in [1.82, 2.24) is 4.98 Å². The molecule has 0 amide bonds. The van der Waals surface area contributed by atoms with Crippen LogP contribution in [0.4, 0.5) is 13.2 Å². The van der Waals surface area contributed by atoms with E-state index in [1.807, 2.05) is 0 Å². The van der Waals surface area contributed by atoms with E-state index in [-0.39, 0.29) is 20.5 Å². The molecule has 1 heterocycles.